The molecule has 3 heteroatoms. The zero-order valence-corrected chi connectivity index (χ0v) is 24.5. The number of furan rings is 1. The molecular formula is C42H28N2O. The fourth-order valence-corrected chi connectivity index (χ4v) is 6.69. The molecule has 45 heavy (non-hydrogen) atoms. The molecule has 0 N–H and O–H groups in total. The fourth-order valence-electron chi connectivity index (χ4n) is 6.69. The van der Waals surface area contributed by atoms with Crippen molar-refractivity contribution in [3.8, 4) is 16.8 Å². The molecule has 0 atom stereocenters. The molecule has 0 aliphatic rings. The number of aromatic nitrogens is 1. The van der Waals surface area contributed by atoms with Crippen LogP contribution in [0.2, 0.25) is 0 Å². The maximum absolute atomic E-state index is 6.17. The lowest BCUT2D eigenvalue weighted by atomic mass is 10.0. The minimum atomic E-state index is 0.899. The van der Waals surface area contributed by atoms with Gasteiger partial charge in [0.15, 0.2) is 0 Å². The Bertz CT molecular complexity index is 2470. The molecule has 9 aromatic rings. The van der Waals surface area contributed by atoms with Crippen LogP contribution >= 0.6 is 0 Å². The van der Waals surface area contributed by atoms with Crippen LogP contribution in [0.15, 0.2) is 174 Å². The first-order valence-corrected chi connectivity index (χ1v) is 15.3. The van der Waals surface area contributed by atoms with Crippen LogP contribution in [0.1, 0.15) is 0 Å². The zero-order valence-electron chi connectivity index (χ0n) is 24.5. The van der Waals surface area contributed by atoms with Gasteiger partial charge in [0, 0.05) is 44.3 Å². The van der Waals surface area contributed by atoms with E-state index in [2.05, 4.69) is 167 Å². The number of benzene rings is 7. The van der Waals surface area contributed by atoms with Gasteiger partial charge in [-0.15, -0.1) is 0 Å². The van der Waals surface area contributed by atoms with E-state index in [4.69, 9.17) is 4.42 Å². The van der Waals surface area contributed by atoms with Crippen molar-refractivity contribution in [1.82, 2.24) is 4.57 Å². The van der Waals surface area contributed by atoms with Crippen molar-refractivity contribution in [2.75, 3.05) is 4.90 Å². The first kappa shape index (κ1) is 25.4. The SMILES string of the molecule is c1ccc(-c2ccc(N(c3ccccc3)c3ccc4c5ccccc5n(-c5ccc6oc7ccccc7c6c5)c4c3)cc2)cc1. The van der Waals surface area contributed by atoms with Gasteiger partial charge >= 0.3 is 0 Å². The molecule has 2 aromatic heterocycles. The Balaban J connectivity index is 1.25. The van der Waals surface area contributed by atoms with Gasteiger partial charge in [0.25, 0.3) is 0 Å². The summed E-state index contributed by atoms with van der Waals surface area (Å²) in [7, 11) is 0. The van der Waals surface area contributed by atoms with Gasteiger partial charge in [0.2, 0.25) is 0 Å². The van der Waals surface area contributed by atoms with E-state index in [1.54, 1.807) is 0 Å². The van der Waals surface area contributed by atoms with E-state index in [1.807, 2.05) is 12.1 Å². The third-order valence-electron chi connectivity index (χ3n) is 8.78. The molecule has 0 aliphatic heterocycles. The maximum Gasteiger partial charge on any atom is 0.135 e. The Morgan fingerprint density at radius 3 is 1.80 bits per heavy atom. The largest absolute Gasteiger partial charge is 0.456 e. The first-order valence-electron chi connectivity index (χ1n) is 15.3. The number of hydrogen-bond acceptors (Lipinski definition) is 2. The third kappa shape index (κ3) is 4.21. The van der Waals surface area contributed by atoms with Crippen LogP contribution in [0.25, 0.3) is 60.6 Å². The molecule has 0 bridgehead atoms. The summed E-state index contributed by atoms with van der Waals surface area (Å²) in [6, 6.07) is 60.3. The van der Waals surface area contributed by atoms with E-state index in [0.717, 1.165) is 50.2 Å². The second-order valence-electron chi connectivity index (χ2n) is 11.4. The van der Waals surface area contributed by atoms with Crippen molar-refractivity contribution >= 4 is 60.8 Å². The van der Waals surface area contributed by atoms with Crippen molar-refractivity contribution < 1.29 is 4.42 Å². The number of fused-ring (bicyclic) bond motifs is 6. The normalized spacial score (nSPS) is 11.6. The average Bonchev–Trinajstić information content (AvgIpc) is 3.64. The summed E-state index contributed by atoms with van der Waals surface area (Å²) < 4.78 is 8.55. The van der Waals surface area contributed by atoms with Crippen molar-refractivity contribution in [1.29, 1.82) is 0 Å². The smallest absolute Gasteiger partial charge is 0.135 e. The van der Waals surface area contributed by atoms with Crippen LogP contribution in [-0.4, -0.2) is 4.57 Å². The molecule has 3 nitrogen and oxygen atoms in total. The Hall–Kier alpha value is -6.06. The monoisotopic (exact) mass is 576 g/mol. The summed E-state index contributed by atoms with van der Waals surface area (Å²) >= 11 is 0. The lowest BCUT2D eigenvalue weighted by Gasteiger charge is -2.26. The number of rotatable bonds is 5. The molecule has 0 saturated heterocycles. The van der Waals surface area contributed by atoms with Crippen molar-refractivity contribution in [3.05, 3.63) is 170 Å². The van der Waals surface area contributed by atoms with E-state index < -0.39 is 0 Å². The van der Waals surface area contributed by atoms with Gasteiger partial charge in [-0.05, 0) is 77.9 Å². The van der Waals surface area contributed by atoms with Crippen LogP contribution in [0.5, 0.6) is 0 Å². The molecule has 0 amide bonds. The predicted octanol–water partition coefficient (Wildman–Crippen LogP) is 11.8. The summed E-state index contributed by atoms with van der Waals surface area (Å²) in [5.74, 6) is 0. The van der Waals surface area contributed by atoms with Crippen LogP contribution in [-0.2, 0) is 0 Å². The molecule has 7 aromatic carbocycles. The Morgan fingerprint density at radius 1 is 0.378 bits per heavy atom. The summed E-state index contributed by atoms with van der Waals surface area (Å²) in [6.07, 6.45) is 0. The molecule has 212 valence electrons. The topological polar surface area (TPSA) is 21.3 Å². The van der Waals surface area contributed by atoms with Gasteiger partial charge in [0.1, 0.15) is 11.2 Å². The fraction of sp³-hybridized carbons (Fsp3) is 0. The van der Waals surface area contributed by atoms with Gasteiger partial charge in [-0.1, -0.05) is 103 Å². The standard InChI is InChI=1S/C42H28N2O/c1-3-11-29(12-4-1)30-19-21-32(22-20-30)43(31-13-5-2-6-14-31)34-23-25-36-35-15-7-9-17-39(35)44(40(36)28-34)33-24-26-42-38(27-33)37-16-8-10-18-41(37)45-42/h1-28H. The highest BCUT2D eigenvalue weighted by molar-refractivity contribution is 6.11. The van der Waals surface area contributed by atoms with Crippen molar-refractivity contribution in [2.45, 2.75) is 0 Å². The lowest BCUT2D eigenvalue weighted by molar-refractivity contribution is 0.669. The highest BCUT2D eigenvalue weighted by Crippen LogP contribution is 2.40. The number of nitrogens with zero attached hydrogens (tertiary/aromatic N) is 2. The Morgan fingerprint density at radius 2 is 0.978 bits per heavy atom. The summed E-state index contributed by atoms with van der Waals surface area (Å²) in [4.78, 5) is 2.34. The molecule has 2 heterocycles. The third-order valence-corrected chi connectivity index (χ3v) is 8.78. The molecule has 0 fully saturated rings. The number of anilines is 3. The Kier molecular flexibility index (Phi) is 5.82. The molecular weight excluding hydrogens is 548 g/mol. The van der Waals surface area contributed by atoms with Gasteiger partial charge < -0.3 is 13.9 Å². The predicted molar refractivity (Wildman–Crippen MR) is 188 cm³/mol. The minimum absolute atomic E-state index is 0.899. The summed E-state index contributed by atoms with van der Waals surface area (Å²) in [6.45, 7) is 0. The minimum Gasteiger partial charge on any atom is -0.456 e. The summed E-state index contributed by atoms with van der Waals surface area (Å²) in [5, 5.41) is 4.70. The number of para-hydroxylation sites is 3. The molecule has 0 saturated carbocycles. The van der Waals surface area contributed by atoms with Gasteiger partial charge in [-0.2, -0.15) is 0 Å². The van der Waals surface area contributed by atoms with Crippen LogP contribution in [0.3, 0.4) is 0 Å². The van der Waals surface area contributed by atoms with E-state index >= 15 is 0 Å². The van der Waals surface area contributed by atoms with Gasteiger partial charge in [-0.25, -0.2) is 0 Å². The molecule has 0 spiro atoms. The van der Waals surface area contributed by atoms with Crippen LogP contribution in [0, 0.1) is 0 Å². The average molecular weight is 577 g/mol. The van der Waals surface area contributed by atoms with Gasteiger partial charge in [-0.3, -0.25) is 0 Å². The molecule has 9 rings (SSSR count). The van der Waals surface area contributed by atoms with Gasteiger partial charge in [0.05, 0.1) is 11.0 Å². The van der Waals surface area contributed by atoms with E-state index in [0.29, 0.717) is 0 Å². The maximum atomic E-state index is 6.17. The van der Waals surface area contributed by atoms with Crippen molar-refractivity contribution in [3.63, 3.8) is 0 Å². The molecule has 0 aliphatic carbocycles. The molecule has 0 radical (unpaired) electrons. The van der Waals surface area contributed by atoms with E-state index in [1.165, 1.54) is 27.4 Å². The quantitative estimate of drug-likeness (QED) is 0.203. The van der Waals surface area contributed by atoms with Crippen molar-refractivity contribution in [2.24, 2.45) is 0 Å². The summed E-state index contributed by atoms with van der Waals surface area (Å²) in [5.41, 5.74) is 11.0. The van der Waals surface area contributed by atoms with E-state index in [9.17, 15) is 0 Å². The van der Waals surface area contributed by atoms with E-state index in [-0.39, 0.29) is 0 Å². The van der Waals surface area contributed by atoms with Crippen LogP contribution < -0.4 is 4.90 Å². The lowest BCUT2D eigenvalue weighted by Crippen LogP contribution is -2.10. The Labute approximate surface area is 260 Å². The molecule has 0 unspecified atom stereocenters. The highest BCUT2D eigenvalue weighted by Gasteiger charge is 2.18. The second kappa shape index (κ2) is 10.3. The number of hydrogen-bond donors (Lipinski definition) is 0. The van der Waals surface area contributed by atoms with Crippen LogP contribution in [0.4, 0.5) is 17.1 Å². The second-order valence-corrected chi connectivity index (χ2v) is 11.4. The first-order chi connectivity index (χ1) is 22.3. The zero-order chi connectivity index (χ0) is 29.7. The highest BCUT2D eigenvalue weighted by atomic mass is 16.3.